The number of carboxylic acid groups (broad SMARTS) is 3. The van der Waals surface area contributed by atoms with Gasteiger partial charge in [-0.25, -0.2) is 14.4 Å². The largest absolute Gasteiger partial charge is 0.490 e. The number of aryl methyl sites for hydroxylation is 1. The monoisotopic (exact) mass is 684 g/mol. The number of aromatic nitrogens is 3. The number of rotatable bonds is 6. The van der Waals surface area contributed by atoms with Crippen molar-refractivity contribution >= 4 is 17.9 Å². The summed E-state index contributed by atoms with van der Waals surface area (Å²) in [6.45, 7) is 3.35. The van der Waals surface area contributed by atoms with Gasteiger partial charge in [0.2, 0.25) is 0 Å². The number of pyridine rings is 1. The number of aliphatic carboxylic acids is 3. The van der Waals surface area contributed by atoms with Gasteiger partial charge in [-0.2, -0.15) is 44.6 Å². The number of halogens is 9. The Kier molecular flexibility index (Phi) is 15.4. The first-order valence-electron chi connectivity index (χ1n) is 12.8. The molecule has 0 amide bonds. The van der Waals surface area contributed by atoms with Crippen LogP contribution < -0.4 is 0 Å². The number of hydrogen-bond donors (Lipinski definition) is 3. The van der Waals surface area contributed by atoms with Crippen LogP contribution in [0.4, 0.5) is 39.5 Å². The third kappa shape index (κ3) is 15.3. The normalized spacial score (nSPS) is 19.7. The molecule has 0 unspecified atom stereocenters. The first-order chi connectivity index (χ1) is 21.1. The third-order valence-electron chi connectivity index (χ3n) is 5.92. The fourth-order valence-electron chi connectivity index (χ4n) is 3.98. The number of fused-ring (bicyclic) bond motifs is 1. The van der Waals surface area contributed by atoms with Crippen molar-refractivity contribution in [1.29, 1.82) is 0 Å². The lowest BCUT2D eigenvalue weighted by Gasteiger charge is -2.35. The van der Waals surface area contributed by atoms with E-state index in [0.29, 0.717) is 25.4 Å². The number of carbonyl (C=O) groups is 3. The van der Waals surface area contributed by atoms with E-state index in [-0.39, 0.29) is 6.10 Å². The Morgan fingerprint density at radius 2 is 1.43 bits per heavy atom. The van der Waals surface area contributed by atoms with Gasteiger partial charge in [0.05, 0.1) is 31.6 Å². The Balaban J connectivity index is 0.000000413. The van der Waals surface area contributed by atoms with E-state index < -0.39 is 36.4 Å². The van der Waals surface area contributed by atoms with Crippen LogP contribution in [0, 0.1) is 0 Å². The van der Waals surface area contributed by atoms with E-state index in [1.165, 1.54) is 12.0 Å². The van der Waals surface area contributed by atoms with E-state index in [9.17, 15) is 39.5 Å². The molecule has 46 heavy (non-hydrogen) atoms. The minimum absolute atomic E-state index is 0.219. The first kappa shape index (κ1) is 40.0. The molecular weight excluding hydrogens is 655 g/mol. The highest BCUT2D eigenvalue weighted by atomic mass is 19.4. The smallest absolute Gasteiger partial charge is 0.475 e. The van der Waals surface area contributed by atoms with Crippen molar-refractivity contribution in [3.8, 4) is 0 Å². The number of carboxylic acids is 3. The number of likely N-dealkylation sites (tertiary alicyclic amines) is 1. The van der Waals surface area contributed by atoms with Crippen molar-refractivity contribution in [3.63, 3.8) is 0 Å². The summed E-state index contributed by atoms with van der Waals surface area (Å²) in [7, 11) is 1.97. The van der Waals surface area contributed by atoms with Gasteiger partial charge >= 0.3 is 36.4 Å². The van der Waals surface area contributed by atoms with Gasteiger partial charge in [0.15, 0.2) is 0 Å². The molecule has 0 radical (unpaired) electrons. The molecule has 0 aliphatic carbocycles. The molecule has 260 valence electrons. The second-order valence-corrected chi connectivity index (χ2v) is 9.51. The third-order valence-corrected chi connectivity index (χ3v) is 5.92. The van der Waals surface area contributed by atoms with Crippen molar-refractivity contribution in [2.75, 3.05) is 13.2 Å². The molecule has 2 aromatic heterocycles. The first-order valence-corrected chi connectivity index (χ1v) is 12.8. The Morgan fingerprint density at radius 3 is 1.87 bits per heavy atom. The maximum Gasteiger partial charge on any atom is 0.490 e. The summed E-state index contributed by atoms with van der Waals surface area (Å²) >= 11 is 0. The van der Waals surface area contributed by atoms with Gasteiger partial charge in [-0.15, -0.1) is 0 Å². The zero-order valence-corrected chi connectivity index (χ0v) is 23.7. The van der Waals surface area contributed by atoms with Gasteiger partial charge in [-0.05, 0) is 30.9 Å². The maximum absolute atomic E-state index is 10.6. The molecule has 0 bridgehead atoms. The van der Waals surface area contributed by atoms with Crippen LogP contribution >= 0.6 is 0 Å². The van der Waals surface area contributed by atoms with Crippen LogP contribution in [0.25, 0.3) is 0 Å². The van der Waals surface area contributed by atoms with E-state index in [1.807, 2.05) is 36.3 Å². The Hall–Kier alpha value is -3.98. The molecule has 2 aliphatic heterocycles. The zero-order chi connectivity index (χ0) is 35.3. The van der Waals surface area contributed by atoms with Gasteiger partial charge in [-0.1, -0.05) is 6.07 Å². The molecule has 2 fully saturated rings. The van der Waals surface area contributed by atoms with Crippen molar-refractivity contribution in [2.24, 2.45) is 7.05 Å². The summed E-state index contributed by atoms with van der Waals surface area (Å²) in [5.41, 5.74) is 2.39. The Morgan fingerprint density at radius 1 is 0.891 bits per heavy atom. The van der Waals surface area contributed by atoms with Crippen LogP contribution in [-0.4, -0.2) is 103 Å². The van der Waals surface area contributed by atoms with Gasteiger partial charge < -0.3 is 24.8 Å². The summed E-state index contributed by atoms with van der Waals surface area (Å²) < 4.78 is 109. The van der Waals surface area contributed by atoms with Crippen LogP contribution in [0.5, 0.6) is 0 Å². The van der Waals surface area contributed by atoms with Gasteiger partial charge in [0.25, 0.3) is 0 Å². The summed E-state index contributed by atoms with van der Waals surface area (Å²) in [6, 6.07) is 4.52. The molecule has 3 atom stereocenters. The van der Waals surface area contributed by atoms with Crippen LogP contribution in [0.2, 0.25) is 0 Å². The van der Waals surface area contributed by atoms with E-state index in [1.54, 1.807) is 6.20 Å². The fourth-order valence-corrected chi connectivity index (χ4v) is 3.98. The number of alkyl halides is 9. The number of hydrogen-bond acceptors (Lipinski definition) is 8. The van der Waals surface area contributed by atoms with Crippen LogP contribution in [0.15, 0.2) is 36.9 Å². The Labute approximate surface area is 254 Å². The lowest BCUT2D eigenvalue weighted by molar-refractivity contribution is -0.193. The van der Waals surface area contributed by atoms with E-state index in [4.69, 9.17) is 39.2 Å². The topological polar surface area (TPSA) is 164 Å². The zero-order valence-electron chi connectivity index (χ0n) is 23.7. The van der Waals surface area contributed by atoms with Gasteiger partial charge in [-0.3, -0.25) is 14.6 Å². The molecule has 4 rings (SSSR count). The molecule has 0 saturated carbocycles. The van der Waals surface area contributed by atoms with Crippen LogP contribution in [-0.2, 0) is 44.1 Å². The standard InChI is InChI=1S/C19H26N4O2.3C2HF3O2/c1-22-11-16(10-21-22)12-23-8-6-19-18(23)5-4-17(25-19)14-24-13-15-3-2-7-20-9-15;3*3-2(4,5)1(6)7/h2-3,7,9-11,17-19H,4-6,8,12-14H2,1H3;3*(H,6,7)/t17-,18+,19+;;;/m1.../s1. The number of nitrogens with zero attached hydrogens (tertiary/aromatic N) is 4. The minimum Gasteiger partial charge on any atom is -0.475 e. The quantitative estimate of drug-likeness (QED) is 0.376. The highest BCUT2D eigenvalue weighted by molar-refractivity contribution is 5.73. The predicted octanol–water partition coefficient (Wildman–Crippen LogP) is 4.05. The Bertz CT molecular complexity index is 1180. The lowest BCUT2D eigenvalue weighted by Crippen LogP contribution is -2.43. The van der Waals surface area contributed by atoms with Gasteiger partial charge in [0.1, 0.15) is 0 Å². The molecule has 2 aromatic rings. The van der Waals surface area contributed by atoms with Crippen LogP contribution in [0.1, 0.15) is 30.4 Å². The van der Waals surface area contributed by atoms with Gasteiger partial charge in [0, 0.05) is 50.3 Å². The van der Waals surface area contributed by atoms with E-state index in [2.05, 4.69) is 21.2 Å². The molecular formula is C25H29F9N4O8. The molecule has 0 spiro atoms. The molecule has 0 aromatic carbocycles. The molecule has 21 heteroatoms. The summed E-state index contributed by atoms with van der Waals surface area (Å²) in [5.74, 6) is -8.27. The second-order valence-electron chi connectivity index (χ2n) is 9.51. The summed E-state index contributed by atoms with van der Waals surface area (Å²) in [4.78, 5) is 33.4. The second kappa shape index (κ2) is 17.6. The lowest BCUT2D eigenvalue weighted by atomic mass is 9.99. The number of ether oxygens (including phenoxy) is 2. The average Bonchev–Trinajstić information content (AvgIpc) is 3.54. The molecule has 2 aliphatic rings. The summed E-state index contributed by atoms with van der Waals surface area (Å²) in [5, 5.41) is 25.6. The molecule has 4 heterocycles. The van der Waals surface area contributed by atoms with Crippen LogP contribution in [0.3, 0.4) is 0 Å². The molecule has 2 saturated heterocycles. The summed E-state index contributed by atoms with van der Waals surface area (Å²) in [6.07, 6.45) is -3.61. The van der Waals surface area contributed by atoms with Crippen molar-refractivity contribution in [3.05, 3.63) is 48.0 Å². The molecule has 3 N–H and O–H groups in total. The van der Waals surface area contributed by atoms with E-state index in [0.717, 1.165) is 31.5 Å². The minimum atomic E-state index is -5.08. The maximum atomic E-state index is 10.6. The van der Waals surface area contributed by atoms with Crippen molar-refractivity contribution in [2.45, 2.75) is 69.2 Å². The SMILES string of the molecule is Cn1cc(CN2CC[C@@H]3O[C@@H](COCc4cccnc4)CC[C@@H]32)cn1.O=C(O)C(F)(F)F.O=C(O)C(F)(F)F.O=C(O)C(F)(F)F. The highest BCUT2D eigenvalue weighted by Gasteiger charge is 2.41. The molecule has 12 nitrogen and oxygen atoms in total. The van der Waals surface area contributed by atoms with Crippen molar-refractivity contribution in [1.82, 2.24) is 19.7 Å². The van der Waals surface area contributed by atoms with Crippen molar-refractivity contribution < 1.29 is 78.7 Å². The van der Waals surface area contributed by atoms with E-state index >= 15 is 0 Å². The fraction of sp³-hybridized carbons (Fsp3) is 0.560. The highest BCUT2D eigenvalue weighted by Crippen LogP contribution is 2.32. The average molecular weight is 685 g/mol. The predicted molar refractivity (Wildman–Crippen MR) is 135 cm³/mol.